The molecule has 0 atom stereocenters. The van der Waals surface area contributed by atoms with E-state index in [1.165, 1.54) is 40.7 Å². The summed E-state index contributed by atoms with van der Waals surface area (Å²) in [4.78, 5) is 12.1. The second-order valence-corrected chi connectivity index (χ2v) is 7.91. The summed E-state index contributed by atoms with van der Waals surface area (Å²) in [6, 6.07) is 10.3. The number of anilines is 1. The second-order valence-electron chi connectivity index (χ2n) is 5.97. The van der Waals surface area contributed by atoms with Crippen molar-refractivity contribution in [3.05, 3.63) is 48.5 Å². The lowest BCUT2D eigenvalue weighted by Gasteiger charge is -2.18. The fraction of sp³-hybridized carbons (Fsp3) is 0.316. The number of benzene rings is 2. The predicted molar refractivity (Wildman–Crippen MR) is 104 cm³/mol. The molecule has 0 aromatic heterocycles. The standard InChI is InChI=1S/C19H21F3N2O5S/c1-3-24(4-2)30(26,27)17-11-9-15(10-12-17)28-13-18(25)23-14-5-7-16(8-6-14)29-19(20,21)22/h5-12H,3-4,13H2,1-2H3,(H,23,25). The Bertz CT molecular complexity index is 942. The van der Waals surface area contributed by atoms with Crippen LogP contribution in [0.5, 0.6) is 11.5 Å². The van der Waals surface area contributed by atoms with Gasteiger partial charge >= 0.3 is 6.36 Å². The predicted octanol–water partition coefficient (Wildman–Crippen LogP) is 3.63. The van der Waals surface area contributed by atoms with Crippen molar-refractivity contribution in [2.24, 2.45) is 0 Å². The van der Waals surface area contributed by atoms with Crippen molar-refractivity contribution in [3.8, 4) is 11.5 Å². The molecule has 2 rings (SSSR count). The summed E-state index contributed by atoms with van der Waals surface area (Å²) >= 11 is 0. The molecule has 2 aromatic rings. The number of alkyl halides is 3. The molecule has 0 fully saturated rings. The third-order valence-corrected chi connectivity index (χ3v) is 5.97. The van der Waals surface area contributed by atoms with E-state index in [0.29, 0.717) is 13.1 Å². The van der Waals surface area contributed by atoms with Crippen LogP contribution in [0.25, 0.3) is 0 Å². The van der Waals surface area contributed by atoms with Gasteiger partial charge in [-0.3, -0.25) is 4.79 Å². The third-order valence-electron chi connectivity index (χ3n) is 3.91. The van der Waals surface area contributed by atoms with Crippen LogP contribution in [0.3, 0.4) is 0 Å². The zero-order valence-corrected chi connectivity index (χ0v) is 17.1. The molecule has 0 bridgehead atoms. The van der Waals surface area contributed by atoms with Crippen LogP contribution in [0.4, 0.5) is 18.9 Å². The highest BCUT2D eigenvalue weighted by atomic mass is 32.2. The number of hydrogen-bond donors (Lipinski definition) is 1. The fourth-order valence-electron chi connectivity index (χ4n) is 2.51. The summed E-state index contributed by atoms with van der Waals surface area (Å²) in [6.07, 6.45) is -4.79. The molecule has 0 heterocycles. The van der Waals surface area contributed by atoms with E-state index in [1.54, 1.807) is 13.8 Å². The van der Waals surface area contributed by atoms with E-state index < -0.39 is 28.0 Å². The van der Waals surface area contributed by atoms with Gasteiger partial charge in [-0.05, 0) is 48.5 Å². The topological polar surface area (TPSA) is 84.9 Å². The maximum absolute atomic E-state index is 12.4. The summed E-state index contributed by atoms with van der Waals surface area (Å²) < 4.78 is 71.6. The summed E-state index contributed by atoms with van der Waals surface area (Å²) in [6.45, 7) is 3.81. The first kappa shape index (κ1) is 23.5. The first-order valence-corrected chi connectivity index (χ1v) is 10.4. The number of amides is 1. The van der Waals surface area contributed by atoms with Gasteiger partial charge in [0.25, 0.3) is 5.91 Å². The van der Waals surface area contributed by atoms with Gasteiger partial charge in [-0.15, -0.1) is 13.2 Å². The van der Waals surface area contributed by atoms with Gasteiger partial charge in [0.2, 0.25) is 10.0 Å². The van der Waals surface area contributed by atoms with Gasteiger partial charge in [-0.25, -0.2) is 8.42 Å². The highest BCUT2D eigenvalue weighted by Crippen LogP contribution is 2.24. The normalized spacial score (nSPS) is 11.9. The largest absolute Gasteiger partial charge is 0.573 e. The zero-order chi connectivity index (χ0) is 22.4. The van der Waals surface area contributed by atoms with Crippen molar-refractivity contribution >= 4 is 21.6 Å². The minimum atomic E-state index is -4.79. The minimum absolute atomic E-state index is 0.115. The molecule has 11 heteroatoms. The van der Waals surface area contributed by atoms with Gasteiger partial charge < -0.3 is 14.8 Å². The fourth-order valence-corrected chi connectivity index (χ4v) is 3.96. The van der Waals surface area contributed by atoms with Gasteiger partial charge in [-0.2, -0.15) is 4.31 Å². The zero-order valence-electron chi connectivity index (χ0n) is 16.3. The van der Waals surface area contributed by atoms with Gasteiger partial charge in [0, 0.05) is 18.8 Å². The molecule has 30 heavy (non-hydrogen) atoms. The van der Waals surface area contributed by atoms with E-state index in [4.69, 9.17) is 4.74 Å². The molecule has 1 amide bonds. The molecule has 0 saturated heterocycles. The Labute approximate surface area is 172 Å². The maximum atomic E-state index is 12.4. The molecule has 164 valence electrons. The number of rotatable bonds is 9. The Morgan fingerprint density at radius 1 is 0.967 bits per heavy atom. The van der Waals surface area contributed by atoms with Crippen LogP contribution < -0.4 is 14.8 Å². The number of carbonyl (C=O) groups excluding carboxylic acids is 1. The number of halogens is 3. The molecule has 7 nitrogen and oxygen atoms in total. The Hall–Kier alpha value is -2.79. The number of sulfonamides is 1. The lowest BCUT2D eigenvalue weighted by molar-refractivity contribution is -0.274. The molecular formula is C19H21F3N2O5S. The smallest absolute Gasteiger partial charge is 0.484 e. The number of nitrogens with one attached hydrogen (secondary N) is 1. The van der Waals surface area contributed by atoms with E-state index >= 15 is 0 Å². The van der Waals surface area contributed by atoms with Crippen LogP contribution in [-0.4, -0.2) is 44.7 Å². The number of ether oxygens (including phenoxy) is 2. The van der Waals surface area contributed by atoms with Gasteiger partial charge in [-0.1, -0.05) is 13.8 Å². The van der Waals surface area contributed by atoms with E-state index in [-0.39, 0.29) is 22.9 Å². The number of carbonyl (C=O) groups is 1. The number of hydrogen-bond acceptors (Lipinski definition) is 5. The summed E-state index contributed by atoms with van der Waals surface area (Å²) in [5.74, 6) is -0.659. The molecule has 0 spiro atoms. The van der Waals surface area contributed by atoms with Crippen molar-refractivity contribution in [1.82, 2.24) is 4.31 Å². The van der Waals surface area contributed by atoms with E-state index in [0.717, 1.165) is 12.1 Å². The van der Waals surface area contributed by atoms with Crippen LogP contribution in [0.2, 0.25) is 0 Å². The first-order valence-electron chi connectivity index (χ1n) is 8.94. The Morgan fingerprint density at radius 3 is 2.00 bits per heavy atom. The molecule has 0 aliphatic carbocycles. The van der Waals surface area contributed by atoms with Gasteiger partial charge in [0.1, 0.15) is 11.5 Å². The van der Waals surface area contributed by atoms with Crippen molar-refractivity contribution in [2.45, 2.75) is 25.1 Å². The van der Waals surface area contributed by atoms with E-state index in [9.17, 15) is 26.4 Å². The highest BCUT2D eigenvalue weighted by molar-refractivity contribution is 7.89. The first-order chi connectivity index (χ1) is 14.0. The van der Waals surface area contributed by atoms with Crippen molar-refractivity contribution in [3.63, 3.8) is 0 Å². The minimum Gasteiger partial charge on any atom is -0.484 e. The molecule has 0 radical (unpaired) electrons. The Balaban J connectivity index is 1.90. The lowest BCUT2D eigenvalue weighted by Crippen LogP contribution is -2.30. The third kappa shape index (κ3) is 6.63. The van der Waals surface area contributed by atoms with Crippen molar-refractivity contribution < 1.29 is 35.9 Å². The van der Waals surface area contributed by atoms with Gasteiger partial charge in [0.15, 0.2) is 6.61 Å². The molecule has 0 aliphatic rings. The molecule has 1 N–H and O–H groups in total. The van der Waals surface area contributed by atoms with Crippen LogP contribution in [0.1, 0.15) is 13.8 Å². The molecule has 0 aliphatic heterocycles. The SMILES string of the molecule is CCN(CC)S(=O)(=O)c1ccc(OCC(=O)Nc2ccc(OC(F)(F)F)cc2)cc1. The van der Waals surface area contributed by atoms with Crippen molar-refractivity contribution in [2.75, 3.05) is 25.0 Å². The Morgan fingerprint density at radius 2 is 1.50 bits per heavy atom. The molecular weight excluding hydrogens is 425 g/mol. The van der Waals surface area contributed by atoms with E-state index in [2.05, 4.69) is 10.1 Å². The summed E-state index contributed by atoms with van der Waals surface area (Å²) in [5.41, 5.74) is 0.263. The molecule has 0 unspecified atom stereocenters. The number of nitrogens with zero attached hydrogens (tertiary/aromatic N) is 1. The lowest BCUT2D eigenvalue weighted by atomic mass is 10.3. The maximum Gasteiger partial charge on any atom is 0.573 e. The van der Waals surface area contributed by atoms with Crippen LogP contribution in [0, 0.1) is 0 Å². The van der Waals surface area contributed by atoms with Crippen LogP contribution in [-0.2, 0) is 14.8 Å². The van der Waals surface area contributed by atoms with Crippen LogP contribution >= 0.6 is 0 Å². The Kier molecular flexibility index (Phi) is 7.68. The van der Waals surface area contributed by atoms with Crippen molar-refractivity contribution in [1.29, 1.82) is 0 Å². The quantitative estimate of drug-likeness (QED) is 0.636. The average molecular weight is 446 g/mol. The molecule has 0 saturated carbocycles. The monoisotopic (exact) mass is 446 g/mol. The average Bonchev–Trinajstić information content (AvgIpc) is 2.68. The molecule has 2 aromatic carbocycles. The van der Waals surface area contributed by atoms with Gasteiger partial charge in [0.05, 0.1) is 4.90 Å². The van der Waals surface area contributed by atoms with Crippen LogP contribution in [0.15, 0.2) is 53.4 Å². The summed E-state index contributed by atoms with van der Waals surface area (Å²) in [5, 5.41) is 2.46. The van der Waals surface area contributed by atoms with E-state index in [1.807, 2.05) is 0 Å². The highest BCUT2D eigenvalue weighted by Gasteiger charge is 2.31. The second kappa shape index (κ2) is 9.81. The summed E-state index contributed by atoms with van der Waals surface area (Å²) in [7, 11) is -3.59.